The number of anilines is 1. The van der Waals surface area contributed by atoms with Gasteiger partial charge in [-0.05, 0) is 50.0 Å². The molecule has 2 aromatic rings. The van der Waals surface area contributed by atoms with E-state index in [0.29, 0.717) is 18.7 Å². The zero-order valence-corrected chi connectivity index (χ0v) is 16.5. The van der Waals surface area contributed by atoms with Crippen LogP contribution < -0.4 is 27.7 Å². The Hall–Kier alpha value is -2.75. The Morgan fingerprint density at radius 3 is 2.76 bits per heavy atom. The molecule has 0 aliphatic carbocycles. The number of hydrogen-bond acceptors (Lipinski definition) is 6. The number of aromatic amines is 1. The minimum atomic E-state index is -0.376. The van der Waals surface area contributed by atoms with Crippen LogP contribution in [0.5, 0.6) is 0 Å². The van der Waals surface area contributed by atoms with E-state index in [4.69, 9.17) is 11.5 Å². The minimum absolute atomic E-state index is 0.0635. The molecule has 0 spiro atoms. The average molecular weight is 399 g/mol. The van der Waals surface area contributed by atoms with Gasteiger partial charge in [0.1, 0.15) is 0 Å². The Labute approximate surface area is 169 Å². The van der Waals surface area contributed by atoms with E-state index in [9.17, 15) is 9.59 Å². The molecule has 0 bridgehead atoms. The van der Waals surface area contributed by atoms with E-state index < -0.39 is 0 Å². The lowest BCUT2D eigenvalue weighted by Gasteiger charge is -2.32. The van der Waals surface area contributed by atoms with Gasteiger partial charge in [-0.3, -0.25) is 15.1 Å². The number of rotatable bonds is 7. The maximum atomic E-state index is 12.4. The Kier molecular flexibility index (Phi) is 7.34. The van der Waals surface area contributed by atoms with Gasteiger partial charge in [0.25, 0.3) is 5.56 Å². The molecule has 1 saturated heterocycles. The van der Waals surface area contributed by atoms with Gasteiger partial charge in [-0.2, -0.15) is 0 Å². The number of aromatic nitrogens is 2. The Morgan fingerprint density at radius 2 is 2.07 bits per heavy atom. The lowest BCUT2D eigenvalue weighted by molar-refractivity contribution is 0.189. The summed E-state index contributed by atoms with van der Waals surface area (Å²) in [7, 11) is 0. The van der Waals surface area contributed by atoms with Crippen LogP contribution in [0.4, 0.5) is 10.7 Å². The van der Waals surface area contributed by atoms with Crippen LogP contribution in [0.25, 0.3) is 11.1 Å². The van der Waals surface area contributed by atoms with E-state index in [1.165, 1.54) is 6.20 Å². The third-order valence-corrected chi connectivity index (χ3v) is 5.05. The van der Waals surface area contributed by atoms with Crippen LogP contribution in [0.15, 0.2) is 35.3 Å². The number of carbonyl (C=O) groups excluding carboxylic acids is 1. The van der Waals surface area contributed by atoms with Crippen molar-refractivity contribution in [3.8, 4) is 11.1 Å². The van der Waals surface area contributed by atoms with Crippen molar-refractivity contribution in [2.24, 2.45) is 11.5 Å². The number of nitrogens with one attached hydrogen (secondary N) is 3. The summed E-state index contributed by atoms with van der Waals surface area (Å²) >= 11 is 0. The smallest absolute Gasteiger partial charge is 0.321 e. The predicted molar refractivity (Wildman–Crippen MR) is 113 cm³/mol. The van der Waals surface area contributed by atoms with E-state index in [0.717, 1.165) is 50.0 Å². The highest BCUT2D eigenvalue weighted by atomic mass is 16.2. The van der Waals surface area contributed by atoms with E-state index >= 15 is 0 Å². The van der Waals surface area contributed by atoms with Crippen molar-refractivity contribution in [1.82, 2.24) is 20.2 Å². The number of piperidine rings is 1. The largest absolute Gasteiger partial charge is 0.334 e. The van der Waals surface area contributed by atoms with Gasteiger partial charge >= 0.3 is 6.03 Å². The SMILES string of the molecule is NCCCN1CCCC(NC(=O)Nc2ncc(-c3ccc(CN)cc3)c(=O)[nH]2)C1. The molecule has 1 atom stereocenters. The number of H-pyrrole nitrogens is 1. The molecular formula is C20H29N7O2. The number of hydrogen-bond donors (Lipinski definition) is 5. The number of likely N-dealkylation sites (tertiary alicyclic amines) is 1. The average Bonchev–Trinajstić information content (AvgIpc) is 2.73. The fraction of sp³-hybridized carbons (Fsp3) is 0.450. The molecule has 0 saturated carbocycles. The molecule has 1 aromatic carbocycles. The molecule has 1 aliphatic heterocycles. The monoisotopic (exact) mass is 399 g/mol. The molecule has 1 aromatic heterocycles. The lowest BCUT2D eigenvalue weighted by atomic mass is 10.1. The van der Waals surface area contributed by atoms with Gasteiger partial charge < -0.3 is 21.7 Å². The summed E-state index contributed by atoms with van der Waals surface area (Å²) < 4.78 is 0. The first-order chi connectivity index (χ1) is 14.1. The van der Waals surface area contributed by atoms with Crippen molar-refractivity contribution >= 4 is 12.0 Å². The summed E-state index contributed by atoms with van der Waals surface area (Å²) in [6, 6.07) is 7.08. The van der Waals surface area contributed by atoms with Crippen molar-refractivity contribution in [1.29, 1.82) is 0 Å². The number of carbonyl (C=O) groups is 1. The van der Waals surface area contributed by atoms with Crippen LogP contribution in [-0.2, 0) is 6.54 Å². The van der Waals surface area contributed by atoms with E-state index in [2.05, 4.69) is 25.5 Å². The quantitative estimate of drug-likeness (QED) is 0.467. The molecule has 3 rings (SSSR count). The summed E-state index contributed by atoms with van der Waals surface area (Å²) in [4.78, 5) is 33.8. The number of amides is 2. The first-order valence-corrected chi connectivity index (χ1v) is 9.97. The van der Waals surface area contributed by atoms with E-state index in [1.54, 1.807) is 0 Å². The molecule has 1 unspecified atom stereocenters. The third kappa shape index (κ3) is 5.86. The molecule has 7 N–H and O–H groups in total. The number of nitrogens with zero attached hydrogens (tertiary/aromatic N) is 2. The van der Waals surface area contributed by atoms with Crippen LogP contribution in [-0.4, -0.2) is 53.1 Å². The molecule has 156 valence electrons. The summed E-state index contributed by atoms with van der Waals surface area (Å²) in [6.07, 6.45) is 4.36. The molecule has 1 aliphatic rings. The minimum Gasteiger partial charge on any atom is -0.334 e. The van der Waals surface area contributed by atoms with Crippen LogP contribution in [0.2, 0.25) is 0 Å². The summed E-state index contributed by atoms with van der Waals surface area (Å²) in [6.45, 7) is 3.89. The maximum absolute atomic E-state index is 12.4. The molecule has 29 heavy (non-hydrogen) atoms. The second-order valence-electron chi connectivity index (χ2n) is 7.26. The second-order valence-corrected chi connectivity index (χ2v) is 7.26. The van der Waals surface area contributed by atoms with E-state index in [-0.39, 0.29) is 23.6 Å². The van der Waals surface area contributed by atoms with Crippen LogP contribution >= 0.6 is 0 Å². The van der Waals surface area contributed by atoms with Crippen molar-refractivity contribution in [2.45, 2.75) is 31.8 Å². The molecule has 9 nitrogen and oxygen atoms in total. The Balaban J connectivity index is 1.58. The van der Waals surface area contributed by atoms with Gasteiger partial charge in [-0.1, -0.05) is 24.3 Å². The normalized spacial score (nSPS) is 17.1. The van der Waals surface area contributed by atoms with Gasteiger partial charge in [0.2, 0.25) is 5.95 Å². The maximum Gasteiger partial charge on any atom is 0.321 e. The zero-order valence-electron chi connectivity index (χ0n) is 16.5. The third-order valence-electron chi connectivity index (χ3n) is 5.05. The second kappa shape index (κ2) is 10.1. The fourth-order valence-corrected chi connectivity index (χ4v) is 3.50. The van der Waals surface area contributed by atoms with Crippen molar-refractivity contribution in [2.75, 3.05) is 31.5 Å². The molecule has 2 amide bonds. The summed E-state index contributed by atoms with van der Waals surface area (Å²) in [5.41, 5.74) is 13.0. The summed E-state index contributed by atoms with van der Waals surface area (Å²) in [5.74, 6) is 0.116. The molecular weight excluding hydrogens is 370 g/mol. The van der Waals surface area contributed by atoms with Gasteiger partial charge in [-0.15, -0.1) is 0 Å². The molecule has 9 heteroatoms. The lowest BCUT2D eigenvalue weighted by Crippen LogP contribution is -2.49. The van der Waals surface area contributed by atoms with Gasteiger partial charge in [0.05, 0.1) is 5.56 Å². The first-order valence-electron chi connectivity index (χ1n) is 9.97. The highest BCUT2D eigenvalue weighted by Crippen LogP contribution is 2.16. The Morgan fingerprint density at radius 1 is 1.28 bits per heavy atom. The number of benzene rings is 1. The molecule has 0 radical (unpaired) electrons. The molecule has 2 heterocycles. The Bertz CT molecular complexity index is 866. The number of urea groups is 1. The van der Waals surface area contributed by atoms with Crippen molar-refractivity contribution in [3.63, 3.8) is 0 Å². The fourth-order valence-electron chi connectivity index (χ4n) is 3.50. The topological polar surface area (TPSA) is 142 Å². The highest BCUT2D eigenvalue weighted by molar-refractivity contribution is 5.87. The van der Waals surface area contributed by atoms with Crippen molar-refractivity contribution in [3.05, 3.63) is 46.4 Å². The zero-order chi connectivity index (χ0) is 20.6. The molecule has 1 fully saturated rings. The predicted octanol–water partition coefficient (Wildman–Crippen LogP) is 0.830. The van der Waals surface area contributed by atoms with Crippen LogP contribution in [0.3, 0.4) is 0 Å². The van der Waals surface area contributed by atoms with Crippen molar-refractivity contribution < 1.29 is 4.79 Å². The number of nitrogens with two attached hydrogens (primary N) is 2. The van der Waals surface area contributed by atoms with Gasteiger partial charge in [-0.25, -0.2) is 9.78 Å². The standard InChI is InChI=1S/C20H29N7O2/c21-8-2-10-27-9-1-3-16(13-27)24-20(29)26-19-23-12-17(18(28)25-19)15-6-4-14(11-22)5-7-15/h4-7,12,16H,1-3,8-11,13,21-22H2,(H3,23,24,25,26,28,29). The van der Waals surface area contributed by atoms with E-state index in [1.807, 2.05) is 24.3 Å². The summed E-state index contributed by atoms with van der Waals surface area (Å²) in [5, 5.41) is 5.57. The highest BCUT2D eigenvalue weighted by Gasteiger charge is 2.21. The van der Waals surface area contributed by atoms with Gasteiger partial charge in [0, 0.05) is 25.3 Å². The van der Waals surface area contributed by atoms with Crippen LogP contribution in [0, 0.1) is 0 Å². The van der Waals surface area contributed by atoms with Crippen LogP contribution in [0.1, 0.15) is 24.8 Å². The first kappa shape index (κ1) is 21.0. The van der Waals surface area contributed by atoms with Gasteiger partial charge in [0.15, 0.2) is 0 Å².